The number of phenolic OH excluding ortho intramolecular Hbond substituents is 1. The van der Waals surface area contributed by atoms with E-state index in [2.05, 4.69) is 18.5 Å². The molecular formula is C20H23NO4. The largest absolute Gasteiger partial charge is 0.504 e. The fraction of sp³-hybridized carbons (Fsp3) is 0.550. The molecule has 5 rings (SSSR count). The van der Waals surface area contributed by atoms with Gasteiger partial charge in [0.15, 0.2) is 23.4 Å². The first-order valence-corrected chi connectivity index (χ1v) is 8.94. The van der Waals surface area contributed by atoms with Gasteiger partial charge in [0, 0.05) is 37.6 Å². The number of ketones is 1. The lowest BCUT2D eigenvalue weighted by Crippen LogP contribution is -2.68. The molecule has 3 aliphatic carbocycles. The van der Waals surface area contributed by atoms with Gasteiger partial charge in [0.05, 0.1) is 11.0 Å². The average molecular weight is 341 g/mol. The number of Topliss-reactive ketones (excluding diaryl/α,β-unsaturated/α-hetero) is 1. The Morgan fingerprint density at radius 1 is 1.52 bits per heavy atom. The van der Waals surface area contributed by atoms with Crippen molar-refractivity contribution in [1.82, 2.24) is 4.90 Å². The number of carbonyl (C=O) groups is 1. The molecule has 1 aliphatic heterocycles. The second-order valence-electron chi connectivity index (χ2n) is 7.89. The molecule has 2 fully saturated rings. The van der Waals surface area contributed by atoms with Crippen LogP contribution in [0.3, 0.4) is 0 Å². The van der Waals surface area contributed by atoms with Gasteiger partial charge >= 0.3 is 0 Å². The van der Waals surface area contributed by atoms with Crippen molar-refractivity contribution in [1.29, 1.82) is 0 Å². The number of aromatic hydroxyl groups is 1. The zero-order chi connectivity index (χ0) is 17.6. The van der Waals surface area contributed by atoms with Gasteiger partial charge in [-0.1, -0.05) is 12.1 Å². The number of benzene rings is 1. The summed E-state index contributed by atoms with van der Waals surface area (Å²) >= 11 is 0. The number of nitrogens with zero attached hydrogens (tertiary/aromatic N) is 1. The molecule has 2 bridgehead atoms. The van der Waals surface area contributed by atoms with Crippen LogP contribution in [0.15, 0.2) is 24.8 Å². The van der Waals surface area contributed by atoms with E-state index in [0.717, 1.165) is 18.5 Å². The molecule has 0 amide bonds. The molecule has 5 heteroatoms. The summed E-state index contributed by atoms with van der Waals surface area (Å²) in [7, 11) is 3.87. The maximum Gasteiger partial charge on any atom is 0.174 e. The van der Waals surface area contributed by atoms with E-state index in [9.17, 15) is 9.90 Å². The summed E-state index contributed by atoms with van der Waals surface area (Å²) in [6.45, 7) is 4.65. The highest BCUT2D eigenvalue weighted by Gasteiger charge is 2.79. The number of rotatable bonds is 4. The topological polar surface area (TPSA) is 59.0 Å². The Morgan fingerprint density at radius 3 is 3.04 bits per heavy atom. The molecule has 2 unspecified atom stereocenters. The predicted octanol–water partition coefficient (Wildman–Crippen LogP) is 2.13. The Morgan fingerprint density at radius 2 is 2.32 bits per heavy atom. The van der Waals surface area contributed by atoms with Crippen molar-refractivity contribution >= 4 is 5.78 Å². The lowest BCUT2D eigenvalue weighted by molar-refractivity contribution is -0.161. The van der Waals surface area contributed by atoms with Crippen molar-refractivity contribution < 1.29 is 19.4 Å². The summed E-state index contributed by atoms with van der Waals surface area (Å²) in [4.78, 5) is 15.1. The van der Waals surface area contributed by atoms with Gasteiger partial charge in [-0.05, 0) is 31.5 Å². The van der Waals surface area contributed by atoms with Crippen molar-refractivity contribution in [2.45, 2.75) is 48.3 Å². The Bertz CT molecular complexity index is 805. The van der Waals surface area contributed by atoms with Crippen LogP contribution in [-0.2, 0) is 14.9 Å². The first-order chi connectivity index (χ1) is 12.0. The third-order valence-electron chi connectivity index (χ3n) is 7.15. The van der Waals surface area contributed by atoms with Crippen LogP contribution in [0.5, 0.6) is 11.5 Å². The van der Waals surface area contributed by atoms with Crippen LogP contribution < -0.4 is 4.74 Å². The van der Waals surface area contributed by atoms with Crippen LogP contribution in [0.25, 0.3) is 0 Å². The van der Waals surface area contributed by atoms with Gasteiger partial charge in [-0.3, -0.25) is 9.69 Å². The first-order valence-electron chi connectivity index (χ1n) is 8.94. The van der Waals surface area contributed by atoms with Crippen LogP contribution in [0, 0.1) is 0 Å². The van der Waals surface area contributed by atoms with Gasteiger partial charge in [-0.25, -0.2) is 0 Å². The maximum atomic E-state index is 12.8. The molecule has 1 heterocycles. The highest BCUT2D eigenvalue weighted by atomic mass is 16.5. The molecule has 2 saturated carbocycles. The molecule has 5 nitrogen and oxygen atoms in total. The molecule has 1 aromatic carbocycles. The second-order valence-corrected chi connectivity index (χ2v) is 7.89. The quantitative estimate of drug-likeness (QED) is 0.850. The van der Waals surface area contributed by atoms with E-state index in [4.69, 9.17) is 9.47 Å². The Balaban J connectivity index is 1.80. The van der Waals surface area contributed by atoms with Crippen LogP contribution in [0.2, 0.25) is 0 Å². The number of fused-ring (bicyclic) bond motifs is 2. The van der Waals surface area contributed by atoms with Gasteiger partial charge < -0.3 is 14.6 Å². The monoisotopic (exact) mass is 341 g/mol. The fourth-order valence-corrected chi connectivity index (χ4v) is 6.50. The fourth-order valence-electron chi connectivity index (χ4n) is 6.50. The van der Waals surface area contributed by atoms with Crippen molar-refractivity contribution in [2.24, 2.45) is 0 Å². The summed E-state index contributed by atoms with van der Waals surface area (Å²) in [6.07, 6.45) is 3.35. The smallest absolute Gasteiger partial charge is 0.174 e. The van der Waals surface area contributed by atoms with E-state index in [0.29, 0.717) is 18.6 Å². The van der Waals surface area contributed by atoms with E-state index < -0.39 is 17.1 Å². The van der Waals surface area contributed by atoms with E-state index in [1.54, 1.807) is 13.2 Å². The van der Waals surface area contributed by atoms with Crippen LogP contribution in [-0.4, -0.2) is 54.2 Å². The van der Waals surface area contributed by atoms with E-state index in [1.165, 1.54) is 5.56 Å². The number of likely N-dealkylation sites (N-methyl/N-ethyl adjacent to an activating group) is 1. The molecule has 5 atom stereocenters. The van der Waals surface area contributed by atoms with Gasteiger partial charge in [0.25, 0.3) is 0 Å². The summed E-state index contributed by atoms with van der Waals surface area (Å²) in [5, 5.41) is 10.3. The van der Waals surface area contributed by atoms with Crippen LogP contribution in [0.4, 0.5) is 0 Å². The number of phenols is 1. The van der Waals surface area contributed by atoms with E-state index in [-0.39, 0.29) is 23.5 Å². The standard InChI is InChI=1S/C20H23NO4/c1-4-9-21(2)17-12-10-19-15-11(12)5-6-13(22)16(15)25-18(19)14(23)7-8-20(17,19)24-3/h4-6,12,17-18,22H,1,7-10H2,2-3H3/t12?,17-,18?,19+,20-/m0/s1. The molecule has 1 aromatic rings. The third-order valence-corrected chi connectivity index (χ3v) is 7.15. The van der Waals surface area contributed by atoms with Crippen LogP contribution in [0.1, 0.15) is 36.3 Å². The number of hydrogen-bond donors (Lipinski definition) is 1. The first kappa shape index (κ1) is 15.4. The molecule has 1 N–H and O–H groups in total. The Hall–Kier alpha value is -1.85. The minimum atomic E-state index is -0.546. The normalized spacial score (nSPS) is 39.6. The summed E-state index contributed by atoms with van der Waals surface area (Å²) < 4.78 is 12.3. The zero-order valence-electron chi connectivity index (χ0n) is 14.6. The number of methoxy groups -OCH3 is 1. The van der Waals surface area contributed by atoms with Crippen LogP contribution >= 0.6 is 0 Å². The van der Waals surface area contributed by atoms with E-state index in [1.807, 2.05) is 12.1 Å². The summed E-state index contributed by atoms with van der Waals surface area (Å²) in [6, 6.07) is 3.87. The molecule has 4 aliphatic rings. The predicted molar refractivity (Wildman–Crippen MR) is 92.2 cm³/mol. The zero-order valence-corrected chi connectivity index (χ0v) is 14.6. The molecule has 1 spiro atoms. The molecule has 0 saturated heterocycles. The van der Waals surface area contributed by atoms with Gasteiger partial charge in [-0.2, -0.15) is 0 Å². The Kier molecular flexibility index (Phi) is 2.87. The van der Waals surface area contributed by atoms with Crippen molar-refractivity contribution in [2.75, 3.05) is 20.7 Å². The van der Waals surface area contributed by atoms with Gasteiger partial charge in [0.1, 0.15) is 0 Å². The highest BCUT2D eigenvalue weighted by Crippen LogP contribution is 2.73. The van der Waals surface area contributed by atoms with Crippen molar-refractivity contribution in [3.05, 3.63) is 35.9 Å². The van der Waals surface area contributed by atoms with Crippen molar-refractivity contribution in [3.63, 3.8) is 0 Å². The number of hydrogen-bond acceptors (Lipinski definition) is 5. The number of ether oxygens (including phenoxy) is 2. The lowest BCUT2D eigenvalue weighted by atomic mass is 9.58. The molecule has 132 valence electrons. The average Bonchev–Trinajstić information content (AvgIpc) is 3.21. The van der Waals surface area contributed by atoms with E-state index >= 15 is 0 Å². The van der Waals surface area contributed by atoms with Gasteiger partial charge in [-0.15, -0.1) is 6.58 Å². The minimum Gasteiger partial charge on any atom is -0.504 e. The summed E-state index contributed by atoms with van der Waals surface area (Å²) in [5.74, 6) is 1.04. The van der Waals surface area contributed by atoms with Crippen molar-refractivity contribution in [3.8, 4) is 11.5 Å². The third kappa shape index (κ3) is 1.44. The van der Waals surface area contributed by atoms with Gasteiger partial charge in [0.2, 0.25) is 0 Å². The molecule has 25 heavy (non-hydrogen) atoms. The Labute approximate surface area is 147 Å². The molecule has 0 radical (unpaired) electrons. The second kappa shape index (κ2) is 4.65. The lowest BCUT2D eigenvalue weighted by Gasteiger charge is -2.54. The summed E-state index contributed by atoms with van der Waals surface area (Å²) in [5.41, 5.74) is 1.28. The highest BCUT2D eigenvalue weighted by molar-refractivity contribution is 5.91. The molecule has 0 aromatic heterocycles. The molecular weight excluding hydrogens is 318 g/mol. The number of carbonyl (C=O) groups excluding carboxylic acids is 1. The minimum absolute atomic E-state index is 0.127. The SMILES string of the molecule is C=CCN(C)[C@H]1C2C[C@@]34c5c2ccc(O)c5OC3C(=O)CC[C@]14OC. The maximum absolute atomic E-state index is 12.8.